The van der Waals surface area contributed by atoms with Crippen molar-refractivity contribution in [2.45, 2.75) is 38.6 Å². The number of ether oxygens (including phenoxy) is 1. The molecule has 0 aliphatic carbocycles. The number of rotatable bonds is 4. The maximum absolute atomic E-state index is 6.08. The van der Waals surface area contributed by atoms with Crippen LogP contribution in [0.25, 0.3) is 0 Å². The molecule has 17 heavy (non-hydrogen) atoms. The van der Waals surface area contributed by atoms with Gasteiger partial charge in [-0.3, -0.25) is 0 Å². The molecule has 0 saturated carbocycles. The van der Waals surface area contributed by atoms with E-state index in [9.17, 15) is 0 Å². The van der Waals surface area contributed by atoms with Crippen LogP contribution in [-0.2, 0) is 5.41 Å². The maximum Gasteiger partial charge on any atom is 0.122 e. The summed E-state index contributed by atoms with van der Waals surface area (Å²) in [4.78, 5) is 0. The van der Waals surface area contributed by atoms with E-state index in [0.717, 1.165) is 17.7 Å². The van der Waals surface area contributed by atoms with Crippen LogP contribution in [0.4, 0.5) is 0 Å². The molecule has 3 heteroatoms. The topological polar surface area (TPSA) is 35.2 Å². The molecule has 0 aromatic heterocycles. The molecule has 1 aromatic rings. The molecule has 0 fully saturated rings. The van der Waals surface area contributed by atoms with Gasteiger partial charge in [0.05, 0.1) is 7.11 Å². The van der Waals surface area contributed by atoms with Gasteiger partial charge in [0.15, 0.2) is 0 Å². The van der Waals surface area contributed by atoms with Gasteiger partial charge in [0.2, 0.25) is 0 Å². The molecule has 1 unspecified atom stereocenters. The molecule has 0 saturated heterocycles. The first-order valence-electron chi connectivity index (χ1n) is 5.90. The number of nitrogens with two attached hydrogens (primary N) is 1. The highest BCUT2D eigenvalue weighted by Gasteiger charge is 2.20. The summed E-state index contributed by atoms with van der Waals surface area (Å²) in [5.74, 6) is 1.50. The predicted molar refractivity (Wildman–Crippen MR) is 74.0 cm³/mol. The van der Waals surface area contributed by atoms with Gasteiger partial charge in [-0.2, -0.15) is 0 Å². The van der Waals surface area contributed by atoms with Crippen molar-refractivity contribution >= 4 is 11.6 Å². The second-order valence-electron chi connectivity index (χ2n) is 5.29. The van der Waals surface area contributed by atoms with Crippen LogP contribution < -0.4 is 10.5 Å². The summed E-state index contributed by atoms with van der Waals surface area (Å²) in [5, 5.41) is 0. The monoisotopic (exact) mass is 255 g/mol. The van der Waals surface area contributed by atoms with Crippen molar-refractivity contribution in [1.29, 1.82) is 0 Å². The van der Waals surface area contributed by atoms with Crippen LogP contribution in [0.15, 0.2) is 18.2 Å². The zero-order valence-corrected chi connectivity index (χ0v) is 11.8. The van der Waals surface area contributed by atoms with Gasteiger partial charge in [-0.25, -0.2) is 0 Å². The van der Waals surface area contributed by atoms with Crippen LogP contribution >= 0.6 is 11.6 Å². The SMILES string of the molecule is COc1ccc(C(N)CCCl)cc1C(C)(C)C. The van der Waals surface area contributed by atoms with E-state index in [1.807, 2.05) is 12.1 Å². The third kappa shape index (κ3) is 3.62. The van der Waals surface area contributed by atoms with Gasteiger partial charge in [-0.15, -0.1) is 11.6 Å². The zero-order chi connectivity index (χ0) is 13.1. The standard InChI is InChI=1S/C14H22ClNO/c1-14(2,3)11-9-10(12(16)7-8-15)5-6-13(11)17-4/h5-6,9,12H,7-8,16H2,1-4H3. The summed E-state index contributed by atoms with van der Waals surface area (Å²) in [6.07, 6.45) is 0.789. The Bertz CT molecular complexity index is 371. The maximum atomic E-state index is 6.08. The molecule has 0 radical (unpaired) electrons. The molecule has 1 rings (SSSR count). The van der Waals surface area contributed by atoms with Crippen molar-refractivity contribution in [2.24, 2.45) is 5.73 Å². The Morgan fingerprint density at radius 3 is 2.47 bits per heavy atom. The second kappa shape index (κ2) is 5.74. The molecule has 0 heterocycles. The highest BCUT2D eigenvalue weighted by molar-refractivity contribution is 6.17. The minimum atomic E-state index is -0.000457. The highest BCUT2D eigenvalue weighted by atomic mass is 35.5. The van der Waals surface area contributed by atoms with E-state index in [1.165, 1.54) is 5.56 Å². The summed E-state index contributed by atoms with van der Waals surface area (Å²) >= 11 is 5.73. The Balaban J connectivity index is 3.13. The Labute approximate surface area is 109 Å². The molecule has 0 bridgehead atoms. The minimum Gasteiger partial charge on any atom is -0.496 e. The zero-order valence-electron chi connectivity index (χ0n) is 11.1. The van der Waals surface area contributed by atoms with Gasteiger partial charge in [0, 0.05) is 11.9 Å². The number of methoxy groups -OCH3 is 1. The van der Waals surface area contributed by atoms with Gasteiger partial charge in [0.1, 0.15) is 5.75 Å². The highest BCUT2D eigenvalue weighted by Crippen LogP contribution is 2.33. The van der Waals surface area contributed by atoms with Gasteiger partial charge >= 0.3 is 0 Å². The first-order valence-corrected chi connectivity index (χ1v) is 6.43. The number of benzene rings is 1. The van der Waals surface area contributed by atoms with E-state index < -0.39 is 0 Å². The molecule has 0 amide bonds. The quantitative estimate of drug-likeness (QED) is 0.834. The Morgan fingerprint density at radius 1 is 1.35 bits per heavy atom. The fourth-order valence-corrected chi connectivity index (χ4v) is 2.06. The minimum absolute atomic E-state index is 0.000457. The molecule has 0 aliphatic rings. The molecule has 1 atom stereocenters. The van der Waals surface area contributed by atoms with E-state index >= 15 is 0 Å². The van der Waals surface area contributed by atoms with Gasteiger partial charge < -0.3 is 10.5 Å². The predicted octanol–water partition coefficient (Wildman–Crippen LogP) is 3.62. The van der Waals surface area contributed by atoms with Crippen molar-refractivity contribution in [3.63, 3.8) is 0 Å². The first kappa shape index (κ1) is 14.3. The molecular formula is C14H22ClNO. The normalized spacial score (nSPS) is 13.5. The Morgan fingerprint density at radius 2 is 2.00 bits per heavy atom. The van der Waals surface area contributed by atoms with E-state index in [4.69, 9.17) is 22.1 Å². The number of alkyl halides is 1. The first-order chi connectivity index (χ1) is 7.90. The van der Waals surface area contributed by atoms with E-state index in [2.05, 4.69) is 26.8 Å². The third-order valence-corrected chi connectivity index (χ3v) is 3.10. The molecule has 0 aliphatic heterocycles. The Kier molecular flexibility index (Phi) is 4.84. The Hall–Kier alpha value is -0.730. The van der Waals surface area contributed by atoms with Gasteiger partial charge in [-0.1, -0.05) is 32.9 Å². The van der Waals surface area contributed by atoms with E-state index in [-0.39, 0.29) is 11.5 Å². The molecule has 2 nitrogen and oxygen atoms in total. The van der Waals surface area contributed by atoms with E-state index in [0.29, 0.717) is 5.88 Å². The van der Waals surface area contributed by atoms with Crippen LogP contribution in [-0.4, -0.2) is 13.0 Å². The summed E-state index contributed by atoms with van der Waals surface area (Å²) < 4.78 is 5.40. The van der Waals surface area contributed by atoms with Crippen LogP contribution in [0.3, 0.4) is 0 Å². The smallest absolute Gasteiger partial charge is 0.122 e. The largest absolute Gasteiger partial charge is 0.496 e. The summed E-state index contributed by atoms with van der Waals surface area (Å²) in [6, 6.07) is 6.14. The second-order valence-corrected chi connectivity index (χ2v) is 5.67. The van der Waals surface area contributed by atoms with Crippen LogP contribution in [0.1, 0.15) is 44.4 Å². The lowest BCUT2D eigenvalue weighted by atomic mass is 9.84. The molecule has 2 N–H and O–H groups in total. The molecule has 96 valence electrons. The van der Waals surface area contributed by atoms with Crippen molar-refractivity contribution < 1.29 is 4.74 Å². The van der Waals surface area contributed by atoms with Crippen molar-refractivity contribution in [3.05, 3.63) is 29.3 Å². The average Bonchev–Trinajstić information content (AvgIpc) is 2.27. The third-order valence-electron chi connectivity index (χ3n) is 2.88. The van der Waals surface area contributed by atoms with E-state index in [1.54, 1.807) is 7.11 Å². The van der Waals surface area contributed by atoms with Crippen molar-refractivity contribution in [1.82, 2.24) is 0 Å². The fraction of sp³-hybridized carbons (Fsp3) is 0.571. The van der Waals surface area contributed by atoms with Gasteiger partial charge in [-0.05, 0) is 29.0 Å². The van der Waals surface area contributed by atoms with Crippen molar-refractivity contribution in [2.75, 3.05) is 13.0 Å². The summed E-state index contributed by atoms with van der Waals surface area (Å²) in [5.41, 5.74) is 8.43. The lowest BCUT2D eigenvalue weighted by molar-refractivity contribution is 0.397. The van der Waals surface area contributed by atoms with Crippen molar-refractivity contribution in [3.8, 4) is 5.75 Å². The fourth-order valence-electron chi connectivity index (χ4n) is 1.83. The summed E-state index contributed by atoms with van der Waals surface area (Å²) in [7, 11) is 1.70. The van der Waals surface area contributed by atoms with Crippen LogP contribution in [0.5, 0.6) is 5.75 Å². The van der Waals surface area contributed by atoms with Crippen LogP contribution in [0, 0.1) is 0 Å². The van der Waals surface area contributed by atoms with Crippen LogP contribution in [0.2, 0.25) is 0 Å². The number of hydrogen-bond donors (Lipinski definition) is 1. The number of hydrogen-bond acceptors (Lipinski definition) is 2. The summed E-state index contributed by atoms with van der Waals surface area (Å²) in [6.45, 7) is 6.51. The number of halogens is 1. The lowest BCUT2D eigenvalue weighted by Gasteiger charge is -2.24. The molecular weight excluding hydrogens is 234 g/mol. The average molecular weight is 256 g/mol. The lowest BCUT2D eigenvalue weighted by Crippen LogP contribution is -2.16. The molecule has 1 aromatic carbocycles. The molecule has 0 spiro atoms. The van der Waals surface area contributed by atoms with Gasteiger partial charge in [0.25, 0.3) is 0 Å².